The fourth-order valence-corrected chi connectivity index (χ4v) is 2.03. The Kier molecular flexibility index (Phi) is 6.55. The molecule has 1 N–H and O–H groups in total. The summed E-state index contributed by atoms with van der Waals surface area (Å²) in [6.07, 6.45) is 4.72. The molecule has 1 aromatic heterocycles. The summed E-state index contributed by atoms with van der Waals surface area (Å²) < 4.78 is 6.32. The lowest BCUT2D eigenvalue weighted by Gasteiger charge is -2.08. The number of unbranched alkanes of at least 4 members (excludes halogenated alkanes) is 2. The molecule has 19 heavy (non-hydrogen) atoms. The summed E-state index contributed by atoms with van der Waals surface area (Å²) in [5.74, 6) is -0.175. The number of anilines is 1. The molecule has 0 unspecified atom stereocenters. The Morgan fingerprint density at radius 3 is 2.89 bits per heavy atom. The Hall–Kier alpha value is -1.37. The van der Waals surface area contributed by atoms with Gasteiger partial charge in [-0.3, -0.25) is 9.59 Å². The summed E-state index contributed by atoms with van der Waals surface area (Å²) in [5.41, 5.74) is 0.520. The van der Waals surface area contributed by atoms with Crippen molar-refractivity contribution in [1.29, 1.82) is 0 Å². The first-order chi connectivity index (χ1) is 9.06. The highest BCUT2D eigenvalue weighted by atomic mass is 79.9. The molecular weight excluding hydrogens is 314 g/mol. The second-order valence-corrected chi connectivity index (χ2v) is 4.91. The number of carbonyl (C=O) groups excluding carboxylic acids is 1. The van der Waals surface area contributed by atoms with E-state index in [0.29, 0.717) is 16.6 Å². The Morgan fingerprint density at radius 1 is 1.47 bits per heavy atom. The minimum Gasteiger partial charge on any atom is -0.469 e. The normalized spacial score (nSPS) is 10.3. The number of methoxy groups -OCH3 is 1. The van der Waals surface area contributed by atoms with E-state index >= 15 is 0 Å². The molecule has 0 amide bonds. The SMILES string of the molecule is COC(=O)CCCCCNc1cnn(C)c(=O)c1Br. The highest BCUT2D eigenvalue weighted by Crippen LogP contribution is 2.15. The number of carbonyl (C=O) groups is 1. The van der Waals surface area contributed by atoms with E-state index in [1.807, 2.05) is 0 Å². The molecule has 6 nitrogen and oxygen atoms in total. The number of aromatic nitrogens is 2. The van der Waals surface area contributed by atoms with Gasteiger partial charge in [0.25, 0.3) is 5.56 Å². The number of halogens is 1. The molecule has 0 aliphatic rings. The lowest BCUT2D eigenvalue weighted by Crippen LogP contribution is -2.21. The van der Waals surface area contributed by atoms with Crippen LogP contribution in [-0.2, 0) is 16.6 Å². The second-order valence-electron chi connectivity index (χ2n) is 4.11. The zero-order valence-electron chi connectivity index (χ0n) is 11.1. The number of nitrogens with zero attached hydrogens (tertiary/aromatic N) is 2. The molecule has 0 fully saturated rings. The van der Waals surface area contributed by atoms with Crippen LogP contribution < -0.4 is 10.9 Å². The minimum atomic E-state index is -0.175. The van der Waals surface area contributed by atoms with Crippen molar-refractivity contribution in [2.24, 2.45) is 7.05 Å². The molecule has 0 aliphatic heterocycles. The molecule has 1 aromatic rings. The maximum atomic E-state index is 11.6. The highest BCUT2D eigenvalue weighted by Gasteiger charge is 2.05. The third-order valence-electron chi connectivity index (χ3n) is 2.68. The lowest BCUT2D eigenvalue weighted by atomic mass is 10.2. The lowest BCUT2D eigenvalue weighted by molar-refractivity contribution is -0.140. The second kappa shape index (κ2) is 7.93. The van der Waals surface area contributed by atoms with Crippen LogP contribution in [0.1, 0.15) is 25.7 Å². The molecule has 0 spiro atoms. The third kappa shape index (κ3) is 5.02. The van der Waals surface area contributed by atoms with Crippen LogP contribution in [0, 0.1) is 0 Å². The van der Waals surface area contributed by atoms with Crippen molar-refractivity contribution in [3.63, 3.8) is 0 Å². The van der Waals surface area contributed by atoms with Crippen LogP contribution in [0.2, 0.25) is 0 Å². The van der Waals surface area contributed by atoms with Gasteiger partial charge >= 0.3 is 5.97 Å². The zero-order valence-corrected chi connectivity index (χ0v) is 12.7. The molecule has 1 heterocycles. The molecule has 0 saturated carbocycles. The average molecular weight is 332 g/mol. The van der Waals surface area contributed by atoms with Gasteiger partial charge in [-0.05, 0) is 28.8 Å². The molecular formula is C12H18BrN3O3. The van der Waals surface area contributed by atoms with Crippen molar-refractivity contribution in [1.82, 2.24) is 9.78 Å². The monoisotopic (exact) mass is 331 g/mol. The highest BCUT2D eigenvalue weighted by molar-refractivity contribution is 9.10. The Balaban J connectivity index is 2.29. The van der Waals surface area contributed by atoms with Crippen molar-refractivity contribution < 1.29 is 9.53 Å². The first kappa shape index (κ1) is 15.7. The Bertz CT molecular complexity index is 488. The van der Waals surface area contributed by atoms with E-state index in [2.05, 4.69) is 31.1 Å². The van der Waals surface area contributed by atoms with Crippen molar-refractivity contribution in [2.75, 3.05) is 19.0 Å². The Labute approximate surface area is 120 Å². The number of hydrogen-bond donors (Lipinski definition) is 1. The van der Waals surface area contributed by atoms with Crippen LogP contribution in [0.4, 0.5) is 5.69 Å². The predicted molar refractivity (Wildman–Crippen MR) is 76.2 cm³/mol. The summed E-state index contributed by atoms with van der Waals surface area (Å²) in [7, 11) is 2.99. The number of hydrogen-bond acceptors (Lipinski definition) is 5. The molecule has 1 rings (SSSR count). The number of aryl methyl sites for hydroxylation is 1. The molecule has 0 atom stereocenters. The van der Waals surface area contributed by atoms with Crippen molar-refractivity contribution in [3.05, 3.63) is 21.0 Å². The van der Waals surface area contributed by atoms with E-state index < -0.39 is 0 Å². The van der Waals surface area contributed by atoms with Crippen molar-refractivity contribution >= 4 is 27.6 Å². The van der Waals surface area contributed by atoms with Gasteiger partial charge in [-0.15, -0.1) is 0 Å². The van der Waals surface area contributed by atoms with Gasteiger partial charge in [0.1, 0.15) is 4.47 Å². The first-order valence-electron chi connectivity index (χ1n) is 6.08. The summed E-state index contributed by atoms with van der Waals surface area (Å²) in [5, 5.41) is 7.08. The van der Waals surface area contributed by atoms with E-state index in [-0.39, 0.29) is 11.5 Å². The standard InChI is InChI=1S/C12H18BrN3O3/c1-16-12(18)11(13)9(8-15-16)14-7-5-3-4-6-10(17)19-2/h8,14H,3-7H2,1-2H3. The summed E-state index contributed by atoms with van der Waals surface area (Å²) in [6, 6.07) is 0. The fourth-order valence-electron chi connectivity index (χ4n) is 1.53. The van der Waals surface area contributed by atoms with Crippen LogP contribution in [0.15, 0.2) is 15.5 Å². The van der Waals surface area contributed by atoms with Crippen molar-refractivity contribution in [2.45, 2.75) is 25.7 Å². The van der Waals surface area contributed by atoms with E-state index in [0.717, 1.165) is 25.8 Å². The van der Waals surface area contributed by atoms with E-state index in [1.165, 1.54) is 11.8 Å². The zero-order chi connectivity index (χ0) is 14.3. The van der Waals surface area contributed by atoms with Crippen LogP contribution >= 0.6 is 15.9 Å². The molecule has 0 aliphatic carbocycles. The fraction of sp³-hybridized carbons (Fsp3) is 0.583. The maximum absolute atomic E-state index is 11.6. The smallest absolute Gasteiger partial charge is 0.305 e. The van der Waals surface area contributed by atoms with Crippen LogP contribution in [0.5, 0.6) is 0 Å². The van der Waals surface area contributed by atoms with Gasteiger partial charge in [0.15, 0.2) is 0 Å². The van der Waals surface area contributed by atoms with E-state index in [4.69, 9.17) is 0 Å². The van der Waals surface area contributed by atoms with E-state index in [9.17, 15) is 9.59 Å². The minimum absolute atomic E-state index is 0.171. The molecule has 0 saturated heterocycles. The van der Waals surface area contributed by atoms with Gasteiger partial charge < -0.3 is 10.1 Å². The van der Waals surface area contributed by atoms with Gasteiger partial charge in [0, 0.05) is 20.0 Å². The van der Waals surface area contributed by atoms with Gasteiger partial charge in [0.05, 0.1) is 19.0 Å². The van der Waals surface area contributed by atoms with Crippen LogP contribution in [0.25, 0.3) is 0 Å². The van der Waals surface area contributed by atoms with Gasteiger partial charge in [0.2, 0.25) is 0 Å². The van der Waals surface area contributed by atoms with Gasteiger partial charge in [-0.1, -0.05) is 6.42 Å². The topological polar surface area (TPSA) is 73.2 Å². The van der Waals surface area contributed by atoms with Crippen LogP contribution in [0.3, 0.4) is 0 Å². The quantitative estimate of drug-likeness (QED) is 0.608. The van der Waals surface area contributed by atoms with Crippen LogP contribution in [-0.4, -0.2) is 29.4 Å². The summed E-state index contributed by atoms with van der Waals surface area (Å²) >= 11 is 3.25. The van der Waals surface area contributed by atoms with Crippen molar-refractivity contribution in [3.8, 4) is 0 Å². The summed E-state index contributed by atoms with van der Waals surface area (Å²) in [4.78, 5) is 22.5. The number of esters is 1. The molecule has 0 aromatic carbocycles. The summed E-state index contributed by atoms with van der Waals surface area (Å²) in [6.45, 7) is 0.731. The van der Waals surface area contributed by atoms with Gasteiger partial charge in [-0.25, -0.2) is 4.68 Å². The average Bonchev–Trinajstić information content (AvgIpc) is 2.41. The molecule has 7 heteroatoms. The molecule has 0 bridgehead atoms. The first-order valence-corrected chi connectivity index (χ1v) is 6.88. The van der Waals surface area contributed by atoms with E-state index in [1.54, 1.807) is 13.2 Å². The van der Waals surface area contributed by atoms with Gasteiger partial charge in [-0.2, -0.15) is 5.10 Å². The Morgan fingerprint density at radius 2 is 2.21 bits per heavy atom. The maximum Gasteiger partial charge on any atom is 0.305 e. The molecule has 106 valence electrons. The third-order valence-corrected chi connectivity index (χ3v) is 3.45. The predicted octanol–water partition coefficient (Wildman–Crippen LogP) is 1.69. The number of rotatable bonds is 7. The number of nitrogens with one attached hydrogen (secondary N) is 1. The molecule has 0 radical (unpaired) electrons. The largest absolute Gasteiger partial charge is 0.469 e. The number of ether oxygens (including phenoxy) is 1.